The first kappa shape index (κ1) is 19.9. The first-order chi connectivity index (χ1) is 12.1. The number of fused-ring (bicyclic) bond motifs is 1. The molecule has 1 unspecified atom stereocenters. The highest BCUT2D eigenvalue weighted by Gasteiger charge is 2.36. The van der Waals surface area contributed by atoms with E-state index in [1.165, 1.54) is 4.90 Å². The van der Waals surface area contributed by atoms with Crippen molar-refractivity contribution in [2.24, 2.45) is 11.5 Å². The molecule has 0 aromatic heterocycles. The van der Waals surface area contributed by atoms with Gasteiger partial charge in [-0.15, -0.1) is 0 Å². The molecule has 0 radical (unpaired) electrons. The van der Waals surface area contributed by atoms with Crippen molar-refractivity contribution in [3.05, 3.63) is 34.9 Å². The van der Waals surface area contributed by atoms with Crippen LogP contribution in [0.3, 0.4) is 0 Å². The minimum Gasteiger partial charge on any atom is -0.460 e. The molecule has 0 saturated carbocycles. The molecular formula is C19H27N3O4. The van der Waals surface area contributed by atoms with Crippen molar-refractivity contribution >= 4 is 17.8 Å². The minimum absolute atomic E-state index is 0.0173. The summed E-state index contributed by atoms with van der Waals surface area (Å²) in [5.41, 5.74) is 12.9. The molecule has 142 valence electrons. The zero-order valence-electron chi connectivity index (χ0n) is 15.6. The van der Waals surface area contributed by atoms with Gasteiger partial charge in [0.05, 0.1) is 0 Å². The molecule has 7 nitrogen and oxygen atoms in total. The Morgan fingerprint density at radius 1 is 1.31 bits per heavy atom. The SMILES string of the molecule is CC(C)(C)OC(=O)CCC(C(N)=O)N1Cc2cc(CCN)ccc2C1=O. The molecule has 26 heavy (non-hydrogen) atoms. The van der Waals surface area contributed by atoms with E-state index >= 15 is 0 Å². The molecule has 0 bridgehead atoms. The van der Waals surface area contributed by atoms with Gasteiger partial charge in [0.25, 0.3) is 5.91 Å². The average molecular weight is 361 g/mol. The van der Waals surface area contributed by atoms with E-state index in [1.807, 2.05) is 12.1 Å². The lowest BCUT2D eigenvalue weighted by Crippen LogP contribution is -2.45. The van der Waals surface area contributed by atoms with Crippen LogP contribution >= 0.6 is 0 Å². The monoisotopic (exact) mass is 361 g/mol. The lowest BCUT2D eigenvalue weighted by atomic mass is 10.0. The average Bonchev–Trinajstić information content (AvgIpc) is 2.82. The van der Waals surface area contributed by atoms with E-state index in [2.05, 4.69) is 0 Å². The number of ether oxygens (including phenoxy) is 1. The summed E-state index contributed by atoms with van der Waals surface area (Å²) < 4.78 is 5.26. The summed E-state index contributed by atoms with van der Waals surface area (Å²) in [7, 11) is 0. The Bertz CT molecular complexity index is 709. The molecule has 0 spiro atoms. The van der Waals surface area contributed by atoms with Gasteiger partial charge in [-0.05, 0) is 57.4 Å². The predicted octanol–water partition coefficient (Wildman–Crippen LogP) is 1.12. The number of hydrogen-bond acceptors (Lipinski definition) is 5. The van der Waals surface area contributed by atoms with E-state index in [-0.39, 0.29) is 18.7 Å². The zero-order valence-corrected chi connectivity index (χ0v) is 15.6. The van der Waals surface area contributed by atoms with Crippen LogP contribution in [-0.2, 0) is 27.3 Å². The Morgan fingerprint density at radius 3 is 2.58 bits per heavy atom. The van der Waals surface area contributed by atoms with Crippen LogP contribution in [0.2, 0.25) is 0 Å². The molecule has 1 aliphatic heterocycles. The summed E-state index contributed by atoms with van der Waals surface area (Å²) in [5, 5.41) is 0. The van der Waals surface area contributed by atoms with E-state index in [4.69, 9.17) is 16.2 Å². The standard InChI is InChI=1S/C19H27N3O4/c1-19(2,3)26-16(23)7-6-15(17(21)24)22-11-13-10-12(8-9-20)4-5-14(13)18(22)25/h4-5,10,15H,6-9,11,20H2,1-3H3,(H2,21,24). The van der Waals surface area contributed by atoms with E-state index in [1.54, 1.807) is 26.8 Å². The maximum Gasteiger partial charge on any atom is 0.306 e. The Morgan fingerprint density at radius 2 is 2.00 bits per heavy atom. The summed E-state index contributed by atoms with van der Waals surface area (Å²) in [4.78, 5) is 37.9. The fraction of sp³-hybridized carbons (Fsp3) is 0.526. The topological polar surface area (TPSA) is 116 Å². The summed E-state index contributed by atoms with van der Waals surface area (Å²) >= 11 is 0. The Balaban J connectivity index is 2.09. The van der Waals surface area contributed by atoms with Crippen molar-refractivity contribution in [2.75, 3.05) is 6.54 Å². The number of primary amides is 1. The normalized spacial score (nSPS) is 14.9. The summed E-state index contributed by atoms with van der Waals surface area (Å²) in [6.07, 6.45) is 0.877. The van der Waals surface area contributed by atoms with Gasteiger partial charge in [-0.3, -0.25) is 14.4 Å². The lowest BCUT2D eigenvalue weighted by Gasteiger charge is -2.25. The number of nitrogens with zero attached hydrogens (tertiary/aromatic N) is 1. The third-order valence-electron chi connectivity index (χ3n) is 4.18. The molecule has 1 atom stereocenters. The molecular weight excluding hydrogens is 334 g/mol. The fourth-order valence-electron chi connectivity index (χ4n) is 3.07. The van der Waals surface area contributed by atoms with Gasteiger partial charge >= 0.3 is 5.97 Å². The molecule has 2 rings (SSSR count). The van der Waals surface area contributed by atoms with Crippen LogP contribution in [-0.4, -0.2) is 40.9 Å². The van der Waals surface area contributed by atoms with Crippen LogP contribution in [0.1, 0.15) is 55.1 Å². The number of benzene rings is 1. The number of rotatable bonds is 7. The summed E-state index contributed by atoms with van der Waals surface area (Å²) in [5.74, 6) is -1.29. The van der Waals surface area contributed by atoms with Crippen molar-refractivity contribution in [2.45, 2.75) is 58.2 Å². The van der Waals surface area contributed by atoms with Gasteiger partial charge in [0.15, 0.2) is 0 Å². The quantitative estimate of drug-likeness (QED) is 0.706. The summed E-state index contributed by atoms with van der Waals surface area (Å²) in [6, 6.07) is 4.72. The van der Waals surface area contributed by atoms with Crippen molar-refractivity contribution in [1.82, 2.24) is 4.90 Å². The number of esters is 1. The number of carbonyl (C=O) groups excluding carboxylic acids is 3. The highest BCUT2D eigenvalue weighted by atomic mass is 16.6. The van der Waals surface area contributed by atoms with Crippen LogP contribution in [0.25, 0.3) is 0 Å². The highest BCUT2D eigenvalue weighted by molar-refractivity contribution is 6.01. The van der Waals surface area contributed by atoms with E-state index in [0.717, 1.165) is 17.5 Å². The van der Waals surface area contributed by atoms with Gasteiger partial charge in [0, 0.05) is 18.5 Å². The largest absolute Gasteiger partial charge is 0.460 e. The molecule has 1 aromatic carbocycles. The molecule has 7 heteroatoms. The van der Waals surface area contributed by atoms with Crippen molar-refractivity contribution in [3.63, 3.8) is 0 Å². The second-order valence-corrected chi connectivity index (χ2v) is 7.51. The van der Waals surface area contributed by atoms with E-state index < -0.39 is 23.5 Å². The summed E-state index contributed by atoms with van der Waals surface area (Å²) in [6.45, 7) is 6.15. The second kappa shape index (κ2) is 7.86. The molecule has 4 N–H and O–H groups in total. The van der Waals surface area contributed by atoms with E-state index in [9.17, 15) is 14.4 Å². The Labute approximate surface area is 153 Å². The Kier molecular flexibility index (Phi) is 6.02. The van der Waals surface area contributed by atoms with Gasteiger partial charge in [-0.25, -0.2) is 0 Å². The van der Waals surface area contributed by atoms with Crippen LogP contribution in [0.15, 0.2) is 18.2 Å². The maximum absolute atomic E-state index is 12.7. The van der Waals surface area contributed by atoms with Crippen LogP contribution in [0.5, 0.6) is 0 Å². The maximum atomic E-state index is 12.7. The molecule has 0 fully saturated rings. The Hall–Kier alpha value is -2.41. The smallest absolute Gasteiger partial charge is 0.306 e. The molecule has 1 aliphatic rings. The minimum atomic E-state index is -0.847. The molecule has 1 heterocycles. The number of nitrogens with two attached hydrogens (primary N) is 2. The zero-order chi connectivity index (χ0) is 19.5. The van der Waals surface area contributed by atoms with E-state index in [0.29, 0.717) is 18.7 Å². The van der Waals surface area contributed by atoms with Gasteiger partial charge in [-0.1, -0.05) is 12.1 Å². The predicted molar refractivity (Wildman–Crippen MR) is 97.1 cm³/mol. The third kappa shape index (κ3) is 4.82. The molecule has 0 aliphatic carbocycles. The van der Waals surface area contributed by atoms with Gasteiger partial charge in [0.1, 0.15) is 11.6 Å². The molecule has 1 aromatic rings. The van der Waals surface area contributed by atoms with Crippen molar-refractivity contribution in [3.8, 4) is 0 Å². The number of amides is 2. The second-order valence-electron chi connectivity index (χ2n) is 7.51. The highest BCUT2D eigenvalue weighted by Crippen LogP contribution is 2.27. The first-order valence-electron chi connectivity index (χ1n) is 8.76. The van der Waals surface area contributed by atoms with Crippen molar-refractivity contribution in [1.29, 1.82) is 0 Å². The van der Waals surface area contributed by atoms with Gasteiger partial charge in [0.2, 0.25) is 5.91 Å². The molecule has 0 saturated heterocycles. The van der Waals surface area contributed by atoms with Gasteiger partial charge in [-0.2, -0.15) is 0 Å². The van der Waals surface area contributed by atoms with Crippen LogP contribution in [0, 0.1) is 0 Å². The van der Waals surface area contributed by atoms with Crippen molar-refractivity contribution < 1.29 is 19.1 Å². The lowest BCUT2D eigenvalue weighted by molar-refractivity contribution is -0.155. The van der Waals surface area contributed by atoms with Gasteiger partial charge < -0.3 is 21.1 Å². The number of hydrogen-bond donors (Lipinski definition) is 2. The fourth-order valence-corrected chi connectivity index (χ4v) is 3.07. The molecule has 2 amide bonds. The third-order valence-corrected chi connectivity index (χ3v) is 4.18. The van der Waals surface area contributed by atoms with Crippen LogP contribution in [0.4, 0.5) is 0 Å². The van der Waals surface area contributed by atoms with Crippen LogP contribution < -0.4 is 11.5 Å². The number of carbonyl (C=O) groups is 3. The first-order valence-corrected chi connectivity index (χ1v) is 8.76.